The summed E-state index contributed by atoms with van der Waals surface area (Å²) in [4.78, 5) is 16.0. The van der Waals surface area contributed by atoms with Crippen LogP contribution >= 0.6 is 0 Å². The summed E-state index contributed by atoms with van der Waals surface area (Å²) in [6, 6.07) is 16.6. The van der Waals surface area contributed by atoms with E-state index in [1.165, 1.54) is 16.7 Å². The van der Waals surface area contributed by atoms with Gasteiger partial charge in [-0.05, 0) is 47.6 Å². The van der Waals surface area contributed by atoms with Crippen LogP contribution in [-0.2, 0) is 11.2 Å². The van der Waals surface area contributed by atoms with E-state index in [0.29, 0.717) is 6.54 Å². The van der Waals surface area contributed by atoms with Gasteiger partial charge in [0.15, 0.2) is 0 Å². The van der Waals surface area contributed by atoms with Crippen LogP contribution in [0.15, 0.2) is 54.6 Å². The molecule has 0 unspecified atom stereocenters. The van der Waals surface area contributed by atoms with E-state index in [4.69, 9.17) is 0 Å². The van der Waals surface area contributed by atoms with Gasteiger partial charge in [-0.1, -0.05) is 48.5 Å². The molecule has 4 heteroatoms. The smallest absolute Gasteiger partial charge is 0.223 e. The molecule has 2 heterocycles. The quantitative estimate of drug-likeness (QED) is 0.882. The topological polar surface area (TPSA) is 43.8 Å². The molecule has 28 heavy (non-hydrogen) atoms. The number of aryl methyl sites for hydroxylation is 1. The number of carbonyl (C=O) groups is 1. The first-order valence-electron chi connectivity index (χ1n) is 10.2. The van der Waals surface area contributed by atoms with E-state index in [0.717, 1.165) is 50.1 Å². The minimum atomic E-state index is -0.510. The van der Waals surface area contributed by atoms with E-state index in [9.17, 15) is 9.90 Å². The fourth-order valence-electron chi connectivity index (χ4n) is 4.29. The molecule has 1 N–H and O–H groups in total. The molecule has 1 amide bonds. The van der Waals surface area contributed by atoms with Gasteiger partial charge >= 0.3 is 0 Å². The van der Waals surface area contributed by atoms with Crippen LogP contribution in [0.5, 0.6) is 0 Å². The van der Waals surface area contributed by atoms with E-state index < -0.39 is 6.10 Å². The average molecular weight is 377 g/mol. The minimum Gasteiger partial charge on any atom is -0.387 e. The van der Waals surface area contributed by atoms with Crippen LogP contribution in [-0.4, -0.2) is 42.1 Å². The van der Waals surface area contributed by atoms with Gasteiger partial charge in [0, 0.05) is 38.8 Å². The van der Waals surface area contributed by atoms with Gasteiger partial charge in [0.1, 0.15) is 0 Å². The Balaban J connectivity index is 1.41. The molecule has 0 fully saturated rings. The lowest BCUT2D eigenvalue weighted by molar-refractivity contribution is -0.116. The summed E-state index contributed by atoms with van der Waals surface area (Å²) in [6.07, 6.45) is 4.72. The number of benzene rings is 2. The molecular weight excluding hydrogens is 348 g/mol. The van der Waals surface area contributed by atoms with Gasteiger partial charge in [-0.2, -0.15) is 0 Å². The van der Waals surface area contributed by atoms with Gasteiger partial charge in [-0.3, -0.25) is 9.69 Å². The van der Waals surface area contributed by atoms with Crippen molar-refractivity contribution in [1.82, 2.24) is 4.90 Å². The zero-order valence-corrected chi connectivity index (χ0v) is 16.5. The van der Waals surface area contributed by atoms with E-state index in [1.54, 1.807) is 6.92 Å². The predicted molar refractivity (Wildman–Crippen MR) is 113 cm³/mol. The number of aliphatic hydroxyl groups is 1. The van der Waals surface area contributed by atoms with Crippen LogP contribution in [0, 0.1) is 0 Å². The second-order valence-electron chi connectivity index (χ2n) is 7.78. The number of rotatable bonds is 4. The summed E-state index contributed by atoms with van der Waals surface area (Å²) in [5, 5.41) is 10.8. The largest absolute Gasteiger partial charge is 0.387 e. The standard InChI is InChI=1S/C24H28N2O2/c1-18(27)26-13-5-8-21-16-22(9-10-23(21)26)24(28)17-25-14-11-20(12-15-25)19-6-3-2-4-7-19/h2-4,6-7,9-11,16,24,28H,5,8,12-15,17H2,1H3/t24-/m1/s1. The van der Waals surface area contributed by atoms with Crippen molar-refractivity contribution in [3.63, 3.8) is 0 Å². The van der Waals surface area contributed by atoms with Crippen LogP contribution in [0.25, 0.3) is 5.57 Å². The minimum absolute atomic E-state index is 0.0866. The van der Waals surface area contributed by atoms with E-state index in [-0.39, 0.29) is 5.91 Å². The normalized spacial score (nSPS) is 18.4. The number of amides is 1. The number of hydrogen-bond donors (Lipinski definition) is 1. The predicted octanol–water partition coefficient (Wildman–Crippen LogP) is 3.81. The lowest BCUT2D eigenvalue weighted by atomic mass is 9.96. The van der Waals surface area contributed by atoms with Gasteiger partial charge in [-0.15, -0.1) is 0 Å². The molecular formula is C24H28N2O2. The molecule has 0 aliphatic carbocycles. The highest BCUT2D eigenvalue weighted by atomic mass is 16.3. The molecule has 2 aromatic rings. The van der Waals surface area contributed by atoms with Gasteiger partial charge in [0.2, 0.25) is 5.91 Å². The highest BCUT2D eigenvalue weighted by molar-refractivity contribution is 5.92. The molecule has 1 atom stereocenters. The lowest BCUT2D eigenvalue weighted by Gasteiger charge is -2.31. The zero-order valence-electron chi connectivity index (χ0n) is 16.5. The average Bonchev–Trinajstić information content (AvgIpc) is 2.74. The van der Waals surface area contributed by atoms with Gasteiger partial charge in [0.25, 0.3) is 0 Å². The van der Waals surface area contributed by atoms with Crippen molar-refractivity contribution in [2.24, 2.45) is 0 Å². The monoisotopic (exact) mass is 376 g/mol. The van der Waals surface area contributed by atoms with Crippen LogP contribution in [0.3, 0.4) is 0 Å². The molecule has 2 aliphatic rings. The molecule has 0 saturated carbocycles. The number of aliphatic hydroxyl groups excluding tert-OH is 1. The van der Waals surface area contributed by atoms with Gasteiger partial charge in [0.05, 0.1) is 6.10 Å². The highest BCUT2D eigenvalue weighted by Crippen LogP contribution is 2.30. The molecule has 0 bridgehead atoms. The fourth-order valence-corrected chi connectivity index (χ4v) is 4.29. The first kappa shape index (κ1) is 18.9. The molecule has 4 rings (SSSR count). The maximum Gasteiger partial charge on any atom is 0.223 e. The Labute approximate surface area is 167 Å². The van der Waals surface area contributed by atoms with E-state index >= 15 is 0 Å². The third kappa shape index (κ3) is 4.03. The lowest BCUT2D eigenvalue weighted by Crippen LogP contribution is -2.34. The zero-order chi connectivity index (χ0) is 19.5. The van der Waals surface area contributed by atoms with Crippen molar-refractivity contribution in [2.45, 2.75) is 32.3 Å². The number of carbonyl (C=O) groups excluding carboxylic acids is 1. The molecule has 0 radical (unpaired) electrons. The second kappa shape index (κ2) is 8.29. The van der Waals surface area contributed by atoms with Gasteiger partial charge < -0.3 is 10.0 Å². The summed E-state index contributed by atoms with van der Waals surface area (Å²) >= 11 is 0. The molecule has 4 nitrogen and oxygen atoms in total. The van der Waals surface area contributed by atoms with E-state index in [1.807, 2.05) is 23.1 Å². The summed E-state index contributed by atoms with van der Waals surface area (Å²) < 4.78 is 0. The Bertz CT molecular complexity index is 875. The number of nitrogens with zero attached hydrogens (tertiary/aromatic N) is 2. The Hall–Kier alpha value is -2.43. The summed E-state index contributed by atoms with van der Waals surface area (Å²) in [5.74, 6) is 0.0866. The van der Waals surface area contributed by atoms with Crippen molar-refractivity contribution in [2.75, 3.05) is 31.1 Å². The van der Waals surface area contributed by atoms with Crippen LogP contribution in [0.1, 0.15) is 42.6 Å². The van der Waals surface area contributed by atoms with Crippen LogP contribution in [0.2, 0.25) is 0 Å². The number of fused-ring (bicyclic) bond motifs is 1. The summed E-state index contributed by atoms with van der Waals surface area (Å²) in [7, 11) is 0. The summed E-state index contributed by atoms with van der Waals surface area (Å²) in [6.45, 7) is 4.86. The molecule has 2 aliphatic heterocycles. The van der Waals surface area contributed by atoms with Gasteiger partial charge in [-0.25, -0.2) is 0 Å². The molecule has 146 valence electrons. The van der Waals surface area contributed by atoms with Crippen LogP contribution < -0.4 is 4.90 Å². The molecule has 0 aromatic heterocycles. The Kier molecular flexibility index (Phi) is 5.60. The SMILES string of the molecule is CC(=O)N1CCCc2cc([C@H](O)CN3CC=C(c4ccccc4)CC3)ccc21. The van der Waals surface area contributed by atoms with Crippen molar-refractivity contribution in [1.29, 1.82) is 0 Å². The third-order valence-electron chi connectivity index (χ3n) is 5.86. The second-order valence-corrected chi connectivity index (χ2v) is 7.78. The third-order valence-corrected chi connectivity index (χ3v) is 5.86. The fraction of sp³-hybridized carbons (Fsp3) is 0.375. The van der Waals surface area contributed by atoms with E-state index in [2.05, 4.69) is 41.3 Å². The maximum atomic E-state index is 11.8. The number of hydrogen-bond acceptors (Lipinski definition) is 3. The first-order chi connectivity index (χ1) is 13.6. The number of β-amino-alcohol motifs (C(OH)–C–C–N with tert-alkyl or cyclic N) is 1. The van der Waals surface area contributed by atoms with Crippen molar-refractivity contribution in [3.8, 4) is 0 Å². The Morgan fingerprint density at radius 1 is 1.11 bits per heavy atom. The first-order valence-corrected chi connectivity index (χ1v) is 10.2. The highest BCUT2D eigenvalue weighted by Gasteiger charge is 2.22. The Morgan fingerprint density at radius 2 is 1.93 bits per heavy atom. The van der Waals surface area contributed by atoms with Crippen molar-refractivity contribution >= 4 is 17.2 Å². The molecule has 0 spiro atoms. The molecule has 2 aromatic carbocycles. The Morgan fingerprint density at radius 3 is 2.64 bits per heavy atom. The number of anilines is 1. The maximum absolute atomic E-state index is 11.8. The summed E-state index contributed by atoms with van der Waals surface area (Å²) in [5.41, 5.74) is 5.81. The van der Waals surface area contributed by atoms with Crippen molar-refractivity contribution in [3.05, 3.63) is 71.3 Å². The van der Waals surface area contributed by atoms with Crippen molar-refractivity contribution < 1.29 is 9.90 Å². The molecule has 0 saturated heterocycles. The van der Waals surface area contributed by atoms with Crippen LogP contribution in [0.4, 0.5) is 5.69 Å².